The van der Waals surface area contributed by atoms with Crippen LogP contribution in [0.15, 0.2) is 72.8 Å². The predicted molar refractivity (Wildman–Crippen MR) is 222 cm³/mol. The highest BCUT2D eigenvalue weighted by Crippen LogP contribution is 2.47. The van der Waals surface area contributed by atoms with Crippen molar-refractivity contribution in [1.82, 2.24) is 0 Å². The number of ether oxygens (including phenoxy) is 8. The SMILES string of the molecule is CCOc1ccc(P(CCCP(c2ccc(OCC)cc2OCC)c2ccc(OCC)cc2OCC)c2ccc(OCC)cc2OCC)c(OCC)c1. The smallest absolute Gasteiger partial charge is 0.130 e. The lowest BCUT2D eigenvalue weighted by Gasteiger charge is -2.27. The van der Waals surface area contributed by atoms with Crippen LogP contribution in [0.25, 0.3) is 0 Å². The van der Waals surface area contributed by atoms with Crippen LogP contribution in [-0.2, 0) is 0 Å². The van der Waals surface area contributed by atoms with Gasteiger partial charge in [0.25, 0.3) is 0 Å². The third kappa shape index (κ3) is 11.6. The molecule has 0 fully saturated rings. The van der Waals surface area contributed by atoms with Gasteiger partial charge in [0.2, 0.25) is 0 Å². The van der Waals surface area contributed by atoms with Crippen LogP contribution in [0.5, 0.6) is 46.0 Å². The first kappa shape index (κ1) is 41.9. The van der Waals surface area contributed by atoms with Crippen molar-refractivity contribution in [1.29, 1.82) is 0 Å². The molecule has 8 nitrogen and oxygen atoms in total. The maximum Gasteiger partial charge on any atom is 0.130 e. The second-order valence-corrected chi connectivity index (χ2v) is 16.2. The first-order chi connectivity index (χ1) is 25.9. The van der Waals surface area contributed by atoms with Gasteiger partial charge in [0, 0.05) is 45.5 Å². The summed E-state index contributed by atoms with van der Waals surface area (Å²) in [6, 6.07) is 25.1. The van der Waals surface area contributed by atoms with Crippen molar-refractivity contribution < 1.29 is 37.9 Å². The number of benzene rings is 4. The second-order valence-electron chi connectivity index (χ2n) is 11.6. The molecule has 0 N–H and O–H groups in total. The van der Waals surface area contributed by atoms with Crippen molar-refractivity contribution in [3.05, 3.63) is 72.8 Å². The molecule has 0 aliphatic rings. The Kier molecular flexibility index (Phi) is 17.7. The van der Waals surface area contributed by atoms with Crippen LogP contribution in [0.4, 0.5) is 0 Å². The number of rotatable bonds is 24. The molecule has 0 aliphatic heterocycles. The lowest BCUT2D eigenvalue weighted by molar-refractivity contribution is 0.324. The Hall–Kier alpha value is -3.86. The first-order valence-corrected chi connectivity index (χ1v) is 22.1. The van der Waals surface area contributed by atoms with Crippen molar-refractivity contribution in [2.75, 3.05) is 65.2 Å². The van der Waals surface area contributed by atoms with E-state index in [0.29, 0.717) is 52.9 Å². The zero-order chi connectivity index (χ0) is 38.0. The van der Waals surface area contributed by atoms with Gasteiger partial charge in [-0.1, -0.05) is 0 Å². The summed E-state index contributed by atoms with van der Waals surface area (Å²) in [7, 11) is -1.86. The summed E-state index contributed by atoms with van der Waals surface area (Å²) in [4.78, 5) is 0. The quantitative estimate of drug-likeness (QED) is 0.0656. The molecule has 0 atom stereocenters. The van der Waals surface area contributed by atoms with E-state index in [-0.39, 0.29) is 0 Å². The van der Waals surface area contributed by atoms with Crippen LogP contribution in [-0.4, -0.2) is 65.2 Å². The van der Waals surface area contributed by atoms with E-state index in [9.17, 15) is 0 Å². The Bertz CT molecular complexity index is 1460. The molecule has 0 aliphatic carbocycles. The zero-order valence-corrected chi connectivity index (χ0v) is 34.7. The van der Waals surface area contributed by atoms with E-state index in [1.165, 1.54) is 0 Å². The maximum atomic E-state index is 6.32. The predicted octanol–water partition coefficient (Wildman–Crippen LogP) is 8.83. The maximum absolute atomic E-state index is 6.32. The first-order valence-electron chi connectivity index (χ1n) is 19.1. The van der Waals surface area contributed by atoms with E-state index in [4.69, 9.17) is 37.9 Å². The highest BCUT2D eigenvalue weighted by molar-refractivity contribution is 7.74. The number of hydrogen-bond acceptors (Lipinski definition) is 8. The van der Waals surface area contributed by atoms with E-state index in [1.807, 2.05) is 79.7 Å². The molecule has 0 heterocycles. The van der Waals surface area contributed by atoms with Gasteiger partial charge in [-0.2, -0.15) is 0 Å². The van der Waals surface area contributed by atoms with Gasteiger partial charge in [0.05, 0.1) is 52.9 Å². The fourth-order valence-corrected chi connectivity index (χ4v) is 11.4. The minimum atomic E-state index is -0.930. The normalized spacial score (nSPS) is 11.1. The standard InChI is InChI=1S/C43H58O8P2/c1-9-44-32-18-22-40(36(28-32)48-13-5)52(41-23-19-33(45-10-2)29-37(41)49-14-6)26-17-27-53(42-24-20-34(46-11-3)30-38(42)50-15-7)43-25-21-35(47-12-4)31-39(43)51-16-8/h18-25,28-31H,9-17,26-27H2,1-8H3. The molecule has 4 aromatic carbocycles. The monoisotopic (exact) mass is 764 g/mol. The average molecular weight is 765 g/mol. The van der Waals surface area contributed by atoms with Crippen LogP contribution >= 0.6 is 15.8 Å². The summed E-state index contributed by atoms with van der Waals surface area (Å²) in [6.07, 6.45) is 2.73. The van der Waals surface area contributed by atoms with Gasteiger partial charge < -0.3 is 37.9 Å². The second kappa shape index (κ2) is 22.4. The lowest BCUT2D eigenvalue weighted by atomic mass is 10.3. The van der Waals surface area contributed by atoms with Gasteiger partial charge in [0.15, 0.2) is 0 Å². The topological polar surface area (TPSA) is 73.8 Å². The van der Waals surface area contributed by atoms with Crippen LogP contribution in [0.3, 0.4) is 0 Å². The molecule has 0 amide bonds. The molecule has 0 aromatic heterocycles. The van der Waals surface area contributed by atoms with Crippen LogP contribution < -0.4 is 59.1 Å². The van der Waals surface area contributed by atoms with Crippen molar-refractivity contribution in [3.63, 3.8) is 0 Å². The molecule has 53 heavy (non-hydrogen) atoms. The molecule has 0 unspecified atom stereocenters. The summed E-state index contributed by atoms with van der Waals surface area (Å²) >= 11 is 0. The minimum Gasteiger partial charge on any atom is -0.494 e. The molecular formula is C43H58O8P2. The van der Waals surface area contributed by atoms with E-state index in [0.717, 1.165) is 86.0 Å². The Labute approximate surface area is 319 Å². The Morgan fingerprint density at radius 2 is 0.547 bits per heavy atom. The summed E-state index contributed by atoms with van der Waals surface area (Å²) in [6.45, 7) is 20.6. The molecule has 0 bridgehead atoms. The molecule has 10 heteroatoms. The van der Waals surface area contributed by atoms with Crippen LogP contribution in [0.1, 0.15) is 61.8 Å². The van der Waals surface area contributed by atoms with E-state index in [1.54, 1.807) is 0 Å². The van der Waals surface area contributed by atoms with Crippen molar-refractivity contribution in [2.45, 2.75) is 61.8 Å². The molecule has 4 aromatic rings. The van der Waals surface area contributed by atoms with Gasteiger partial charge in [-0.05, 0) is 139 Å². The molecule has 0 spiro atoms. The molecule has 0 saturated heterocycles. The van der Waals surface area contributed by atoms with Gasteiger partial charge in [-0.3, -0.25) is 0 Å². The molecule has 0 radical (unpaired) electrons. The van der Waals surface area contributed by atoms with Gasteiger partial charge in [-0.15, -0.1) is 0 Å². The summed E-state index contributed by atoms with van der Waals surface area (Å²) < 4.78 is 48.9. The van der Waals surface area contributed by atoms with E-state index < -0.39 is 15.8 Å². The Morgan fingerprint density at radius 3 is 0.755 bits per heavy atom. The summed E-state index contributed by atoms with van der Waals surface area (Å²) in [5.41, 5.74) is 0. The van der Waals surface area contributed by atoms with Crippen LogP contribution in [0.2, 0.25) is 0 Å². The van der Waals surface area contributed by atoms with Gasteiger partial charge in [-0.25, -0.2) is 0 Å². The Morgan fingerprint density at radius 1 is 0.321 bits per heavy atom. The molecule has 0 saturated carbocycles. The highest BCUT2D eigenvalue weighted by Gasteiger charge is 2.27. The third-order valence-electron chi connectivity index (χ3n) is 8.10. The third-order valence-corrected chi connectivity index (χ3v) is 13.4. The zero-order valence-electron chi connectivity index (χ0n) is 32.9. The molecular weight excluding hydrogens is 706 g/mol. The fraction of sp³-hybridized carbons (Fsp3) is 0.442. The van der Waals surface area contributed by atoms with Crippen molar-refractivity contribution >= 4 is 37.1 Å². The number of hydrogen-bond donors (Lipinski definition) is 0. The largest absolute Gasteiger partial charge is 0.494 e. The van der Waals surface area contributed by atoms with Crippen molar-refractivity contribution in [3.8, 4) is 46.0 Å². The molecule has 288 valence electrons. The highest BCUT2D eigenvalue weighted by atomic mass is 31.1. The van der Waals surface area contributed by atoms with E-state index in [2.05, 4.69) is 48.5 Å². The van der Waals surface area contributed by atoms with E-state index >= 15 is 0 Å². The summed E-state index contributed by atoms with van der Waals surface area (Å²) in [5, 5.41) is 4.64. The lowest BCUT2D eigenvalue weighted by Crippen LogP contribution is -2.22. The van der Waals surface area contributed by atoms with Gasteiger partial charge >= 0.3 is 0 Å². The minimum absolute atomic E-state index is 0.550. The summed E-state index contributed by atoms with van der Waals surface area (Å²) in [5.74, 6) is 6.58. The van der Waals surface area contributed by atoms with Crippen LogP contribution in [0, 0.1) is 0 Å². The molecule has 4 rings (SSSR count). The van der Waals surface area contributed by atoms with Gasteiger partial charge in [0.1, 0.15) is 46.0 Å². The average Bonchev–Trinajstić information content (AvgIpc) is 3.15. The fourth-order valence-electron chi connectivity index (χ4n) is 6.11. The van der Waals surface area contributed by atoms with Crippen molar-refractivity contribution in [2.24, 2.45) is 0 Å². The Balaban J connectivity index is 1.84.